The molecule has 0 bridgehead atoms. The fraction of sp³-hybridized carbons (Fsp3) is 0. The van der Waals surface area contributed by atoms with Gasteiger partial charge in [-0.25, -0.2) is 15.0 Å². The van der Waals surface area contributed by atoms with E-state index in [9.17, 15) is 0 Å². The highest BCUT2D eigenvalue weighted by molar-refractivity contribution is 6.30. The fourth-order valence-electron chi connectivity index (χ4n) is 8.90. The van der Waals surface area contributed by atoms with Gasteiger partial charge in [0.15, 0.2) is 17.5 Å². The van der Waals surface area contributed by atoms with Gasteiger partial charge in [0.2, 0.25) is 0 Å². The highest BCUT2D eigenvalue weighted by Gasteiger charge is 2.20. The van der Waals surface area contributed by atoms with Gasteiger partial charge in [-0.1, -0.05) is 158 Å². The lowest BCUT2D eigenvalue weighted by atomic mass is 10.00. The van der Waals surface area contributed by atoms with Crippen LogP contribution in [0.5, 0.6) is 0 Å². The van der Waals surface area contributed by atoms with E-state index in [0.717, 1.165) is 33.5 Å². The molecule has 4 heterocycles. The first-order valence-corrected chi connectivity index (χ1v) is 19.6. The van der Waals surface area contributed by atoms with E-state index in [0.29, 0.717) is 17.5 Å². The zero-order valence-corrected chi connectivity index (χ0v) is 31.3. The molecule has 0 saturated heterocycles. The Balaban J connectivity index is 1.01. The van der Waals surface area contributed by atoms with E-state index in [1.165, 1.54) is 59.9 Å². The van der Waals surface area contributed by atoms with Crippen molar-refractivity contribution in [1.29, 1.82) is 0 Å². The molecule has 5 heteroatoms. The summed E-state index contributed by atoms with van der Waals surface area (Å²) in [5.41, 5.74) is 12.2. The summed E-state index contributed by atoms with van der Waals surface area (Å²) in [6, 6.07) is 71.0. The van der Waals surface area contributed by atoms with Crippen molar-refractivity contribution in [2.45, 2.75) is 0 Å². The summed E-state index contributed by atoms with van der Waals surface area (Å²) in [6.45, 7) is 0. The van der Waals surface area contributed by atoms with Crippen LogP contribution in [0.25, 0.3) is 111 Å². The van der Waals surface area contributed by atoms with E-state index < -0.39 is 0 Å². The molecule has 12 aromatic rings. The maximum absolute atomic E-state index is 4.95. The Labute approximate surface area is 333 Å². The molecule has 0 aliphatic carbocycles. The van der Waals surface area contributed by atoms with Gasteiger partial charge in [-0.3, -0.25) is 0 Å². The number of para-hydroxylation sites is 3. The number of fused-ring (bicyclic) bond motifs is 12. The van der Waals surface area contributed by atoms with Crippen LogP contribution in [0.4, 0.5) is 0 Å². The highest BCUT2D eigenvalue weighted by Crippen LogP contribution is 2.43. The minimum Gasteiger partial charge on any atom is -0.309 e. The standard InChI is InChI=1S/C53H33N5/c1-3-14-35(15-4-1)51-54-52(36-16-5-2-6-17-36)56-53(55-51)37-28-26-34(27-29-37)38-19-13-20-40(32-38)57-46-25-12-9-22-43(46)50-47(57)31-30-42-41-21-8-11-24-45(41)58-44-23-10-7-18-39(44)33-48(58)49(42)50/h1-33H. The highest BCUT2D eigenvalue weighted by atomic mass is 15.0. The van der Waals surface area contributed by atoms with Crippen molar-refractivity contribution >= 4 is 59.9 Å². The minimum absolute atomic E-state index is 0.642. The predicted octanol–water partition coefficient (Wildman–Crippen LogP) is 13.3. The molecule has 0 aliphatic heterocycles. The van der Waals surface area contributed by atoms with Crippen LogP contribution < -0.4 is 0 Å². The second-order valence-electron chi connectivity index (χ2n) is 14.8. The summed E-state index contributed by atoms with van der Waals surface area (Å²) in [5, 5.41) is 7.54. The van der Waals surface area contributed by atoms with Crippen LogP contribution in [-0.2, 0) is 0 Å². The van der Waals surface area contributed by atoms with E-state index in [1.54, 1.807) is 0 Å². The number of nitrogens with zero attached hydrogens (tertiary/aromatic N) is 5. The SMILES string of the molecule is c1ccc(-c2nc(-c3ccccc3)nc(-c3ccc(-c4cccc(-n5c6ccccc6c6c7c(ccc65)c5ccccc5n5c6ccccc6cc75)c4)cc3)n2)cc1. The zero-order valence-electron chi connectivity index (χ0n) is 31.3. The van der Waals surface area contributed by atoms with Crippen LogP contribution in [0.1, 0.15) is 0 Å². The van der Waals surface area contributed by atoms with Crippen molar-refractivity contribution in [1.82, 2.24) is 23.9 Å². The molecule has 0 aliphatic rings. The van der Waals surface area contributed by atoms with Crippen LogP contribution in [0.2, 0.25) is 0 Å². The molecule has 0 amide bonds. The maximum Gasteiger partial charge on any atom is 0.164 e. The van der Waals surface area contributed by atoms with Crippen molar-refractivity contribution in [3.05, 3.63) is 200 Å². The van der Waals surface area contributed by atoms with Gasteiger partial charge in [0, 0.05) is 49.3 Å². The molecular formula is C53H33N5. The topological polar surface area (TPSA) is 48.0 Å². The first kappa shape index (κ1) is 32.4. The molecule has 0 saturated carbocycles. The smallest absolute Gasteiger partial charge is 0.164 e. The van der Waals surface area contributed by atoms with Gasteiger partial charge in [-0.2, -0.15) is 0 Å². The van der Waals surface area contributed by atoms with Crippen LogP contribution >= 0.6 is 0 Å². The number of benzene rings is 8. The molecule has 5 nitrogen and oxygen atoms in total. The van der Waals surface area contributed by atoms with Crippen molar-refractivity contribution in [3.8, 4) is 51.0 Å². The second kappa shape index (κ2) is 12.8. The normalized spacial score (nSPS) is 11.8. The number of hydrogen-bond donors (Lipinski definition) is 0. The lowest BCUT2D eigenvalue weighted by Gasteiger charge is -2.13. The molecule has 0 N–H and O–H groups in total. The Hall–Kier alpha value is -7.89. The molecule has 0 fully saturated rings. The van der Waals surface area contributed by atoms with Gasteiger partial charge >= 0.3 is 0 Å². The van der Waals surface area contributed by atoms with Gasteiger partial charge < -0.3 is 8.97 Å². The van der Waals surface area contributed by atoms with Crippen LogP contribution in [-0.4, -0.2) is 23.9 Å². The third-order valence-electron chi connectivity index (χ3n) is 11.5. The molecule has 0 spiro atoms. The number of rotatable bonds is 5. The van der Waals surface area contributed by atoms with Crippen LogP contribution in [0.15, 0.2) is 200 Å². The summed E-state index contributed by atoms with van der Waals surface area (Å²) >= 11 is 0. The number of aromatic nitrogens is 5. The lowest BCUT2D eigenvalue weighted by molar-refractivity contribution is 1.07. The summed E-state index contributed by atoms with van der Waals surface area (Å²) in [7, 11) is 0. The monoisotopic (exact) mass is 739 g/mol. The largest absolute Gasteiger partial charge is 0.309 e. The average Bonchev–Trinajstić information content (AvgIpc) is 3.86. The lowest BCUT2D eigenvalue weighted by Crippen LogP contribution is -2.00. The Kier molecular flexibility index (Phi) is 7.16. The van der Waals surface area contributed by atoms with E-state index in [4.69, 9.17) is 15.0 Å². The van der Waals surface area contributed by atoms with Crippen molar-refractivity contribution in [2.24, 2.45) is 0 Å². The average molecular weight is 740 g/mol. The number of pyridine rings is 1. The molecule has 8 aromatic carbocycles. The first-order chi connectivity index (χ1) is 28.8. The van der Waals surface area contributed by atoms with Gasteiger partial charge in [0.25, 0.3) is 0 Å². The molecule has 0 unspecified atom stereocenters. The molecule has 0 radical (unpaired) electrons. The molecule has 270 valence electrons. The molecule has 0 atom stereocenters. The third-order valence-corrected chi connectivity index (χ3v) is 11.5. The van der Waals surface area contributed by atoms with E-state index in [-0.39, 0.29) is 0 Å². The van der Waals surface area contributed by atoms with E-state index in [1.807, 2.05) is 60.7 Å². The van der Waals surface area contributed by atoms with Crippen molar-refractivity contribution in [2.75, 3.05) is 0 Å². The minimum atomic E-state index is 0.642. The van der Waals surface area contributed by atoms with Gasteiger partial charge in [0.1, 0.15) is 0 Å². The summed E-state index contributed by atoms with van der Waals surface area (Å²) in [6.07, 6.45) is 0. The van der Waals surface area contributed by atoms with Gasteiger partial charge in [-0.15, -0.1) is 0 Å². The van der Waals surface area contributed by atoms with Gasteiger partial charge in [-0.05, 0) is 59.0 Å². The van der Waals surface area contributed by atoms with Gasteiger partial charge in [0.05, 0.1) is 27.6 Å². The van der Waals surface area contributed by atoms with Crippen molar-refractivity contribution in [3.63, 3.8) is 0 Å². The first-order valence-electron chi connectivity index (χ1n) is 19.6. The molecule has 58 heavy (non-hydrogen) atoms. The summed E-state index contributed by atoms with van der Waals surface area (Å²) in [5.74, 6) is 1.95. The quantitative estimate of drug-likeness (QED) is 0.165. The van der Waals surface area contributed by atoms with E-state index >= 15 is 0 Å². The predicted molar refractivity (Wildman–Crippen MR) is 239 cm³/mol. The van der Waals surface area contributed by atoms with Crippen molar-refractivity contribution < 1.29 is 0 Å². The third kappa shape index (κ3) is 5.00. The van der Waals surface area contributed by atoms with E-state index in [2.05, 4.69) is 148 Å². The number of hydrogen-bond acceptors (Lipinski definition) is 3. The fourth-order valence-corrected chi connectivity index (χ4v) is 8.90. The Morgan fingerprint density at radius 2 is 0.828 bits per heavy atom. The molecule has 4 aromatic heterocycles. The van der Waals surface area contributed by atoms with Crippen LogP contribution in [0, 0.1) is 0 Å². The second-order valence-corrected chi connectivity index (χ2v) is 14.8. The van der Waals surface area contributed by atoms with Crippen LogP contribution in [0.3, 0.4) is 0 Å². The molecule has 12 rings (SSSR count). The Morgan fingerprint density at radius 3 is 1.53 bits per heavy atom. The summed E-state index contributed by atoms with van der Waals surface area (Å²) < 4.78 is 4.88. The molecular weight excluding hydrogens is 707 g/mol. The zero-order chi connectivity index (χ0) is 38.2. The Bertz CT molecular complexity index is 3490. The Morgan fingerprint density at radius 1 is 0.293 bits per heavy atom. The maximum atomic E-state index is 4.95. The summed E-state index contributed by atoms with van der Waals surface area (Å²) in [4.78, 5) is 14.8.